The highest BCUT2D eigenvalue weighted by molar-refractivity contribution is 5.89. The predicted octanol–water partition coefficient (Wildman–Crippen LogP) is 1.36. The van der Waals surface area contributed by atoms with E-state index in [2.05, 4.69) is 0 Å². The fraction of sp³-hybridized carbons (Fsp3) is 0.400. The molecule has 0 radical (unpaired) electrons. The number of carbonyl (C=O) groups excluding carboxylic acids is 3. The Balaban J connectivity index is 1.71. The van der Waals surface area contributed by atoms with E-state index in [1.807, 2.05) is 6.07 Å². The van der Waals surface area contributed by atoms with Crippen LogP contribution >= 0.6 is 0 Å². The standard InChI is InChI=1S/C15H14O5/c16-8-11-10-6-14(17)19-12(10)7-13(11)20-15(18)9-4-2-1-3-5-9/h1-5,8,10-13H,6-7H2/t10-,11-,12+,13-/m0/s1. The van der Waals surface area contributed by atoms with Crippen molar-refractivity contribution < 1.29 is 23.9 Å². The molecule has 20 heavy (non-hydrogen) atoms. The van der Waals surface area contributed by atoms with Crippen molar-refractivity contribution in [2.75, 3.05) is 0 Å². The zero-order chi connectivity index (χ0) is 14.1. The molecule has 4 atom stereocenters. The molecule has 5 nitrogen and oxygen atoms in total. The number of esters is 2. The van der Waals surface area contributed by atoms with Crippen LogP contribution in [0.1, 0.15) is 23.2 Å². The molecule has 0 spiro atoms. The van der Waals surface area contributed by atoms with Crippen molar-refractivity contribution >= 4 is 18.2 Å². The van der Waals surface area contributed by atoms with Gasteiger partial charge in [-0.05, 0) is 12.1 Å². The number of carbonyl (C=O) groups is 3. The molecule has 1 aliphatic carbocycles. The number of rotatable bonds is 3. The third kappa shape index (κ3) is 2.19. The SMILES string of the molecule is O=C[C@H]1[C@@H]2CC(=O)O[C@@H]2C[C@@H]1OC(=O)c1ccccc1. The van der Waals surface area contributed by atoms with Gasteiger partial charge in [0.25, 0.3) is 0 Å². The summed E-state index contributed by atoms with van der Waals surface area (Å²) in [4.78, 5) is 34.4. The van der Waals surface area contributed by atoms with Gasteiger partial charge in [-0.25, -0.2) is 4.79 Å². The fourth-order valence-electron chi connectivity index (χ4n) is 2.99. The number of fused-ring (bicyclic) bond motifs is 1. The molecule has 0 bridgehead atoms. The van der Waals surface area contributed by atoms with Crippen molar-refractivity contribution in [1.29, 1.82) is 0 Å². The summed E-state index contributed by atoms with van der Waals surface area (Å²) in [7, 11) is 0. The van der Waals surface area contributed by atoms with Gasteiger partial charge in [0.05, 0.1) is 17.9 Å². The van der Waals surface area contributed by atoms with Crippen molar-refractivity contribution in [2.24, 2.45) is 11.8 Å². The van der Waals surface area contributed by atoms with E-state index < -0.39 is 18.0 Å². The van der Waals surface area contributed by atoms with E-state index in [0.29, 0.717) is 12.0 Å². The molecule has 1 aromatic carbocycles. The average Bonchev–Trinajstić information content (AvgIpc) is 2.95. The number of aldehydes is 1. The molecule has 5 heteroatoms. The maximum Gasteiger partial charge on any atom is 0.338 e. The van der Waals surface area contributed by atoms with Gasteiger partial charge in [0.15, 0.2) is 0 Å². The summed E-state index contributed by atoms with van der Waals surface area (Å²) >= 11 is 0. The van der Waals surface area contributed by atoms with Crippen LogP contribution in [0.3, 0.4) is 0 Å². The first-order valence-corrected chi connectivity index (χ1v) is 6.60. The lowest BCUT2D eigenvalue weighted by molar-refractivity contribution is -0.141. The molecule has 3 rings (SSSR count). The van der Waals surface area contributed by atoms with Gasteiger partial charge in [0, 0.05) is 12.3 Å². The first-order chi connectivity index (χ1) is 9.69. The summed E-state index contributed by atoms with van der Waals surface area (Å²) in [5.41, 5.74) is 0.450. The Bertz CT molecular complexity index is 538. The normalized spacial score (nSPS) is 31.5. The lowest BCUT2D eigenvalue weighted by atomic mass is 9.93. The van der Waals surface area contributed by atoms with Crippen LogP contribution < -0.4 is 0 Å². The number of hydrogen-bond acceptors (Lipinski definition) is 5. The van der Waals surface area contributed by atoms with Gasteiger partial charge in [-0.1, -0.05) is 18.2 Å². The van der Waals surface area contributed by atoms with E-state index in [0.717, 1.165) is 6.29 Å². The van der Waals surface area contributed by atoms with Crippen LogP contribution in [0, 0.1) is 11.8 Å². The Hall–Kier alpha value is -2.17. The topological polar surface area (TPSA) is 69.7 Å². The Morgan fingerprint density at radius 2 is 2.05 bits per heavy atom. The zero-order valence-electron chi connectivity index (χ0n) is 10.7. The lowest BCUT2D eigenvalue weighted by Gasteiger charge is -2.17. The molecule has 1 saturated heterocycles. The van der Waals surface area contributed by atoms with Crippen molar-refractivity contribution in [2.45, 2.75) is 25.0 Å². The van der Waals surface area contributed by atoms with Gasteiger partial charge < -0.3 is 14.3 Å². The molecular formula is C15H14O5. The van der Waals surface area contributed by atoms with E-state index in [1.165, 1.54) is 0 Å². The summed E-state index contributed by atoms with van der Waals surface area (Å²) in [6, 6.07) is 8.63. The van der Waals surface area contributed by atoms with Crippen LogP contribution in [0.15, 0.2) is 30.3 Å². The first kappa shape index (κ1) is 12.8. The minimum absolute atomic E-state index is 0.159. The zero-order valence-corrected chi connectivity index (χ0v) is 10.7. The van der Waals surface area contributed by atoms with Crippen LogP contribution in [-0.2, 0) is 19.1 Å². The highest BCUT2D eigenvalue weighted by Gasteiger charge is 2.51. The molecule has 1 aromatic rings. The van der Waals surface area contributed by atoms with E-state index in [1.54, 1.807) is 24.3 Å². The quantitative estimate of drug-likeness (QED) is 0.615. The molecule has 2 fully saturated rings. The fourth-order valence-corrected chi connectivity index (χ4v) is 2.99. The van der Waals surface area contributed by atoms with Crippen molar-refractivity contribution in [3.05, 3.63) is 35.9 Å². The van der Waals surface area contributed by atoms with Crippen LogP contribution in [0.4, 0.5) is 0 Å². The second-order valence-electron chi connectivity index (χ2n) is 5.16. The average molecular weight is 274 g/mol. The van der Waals surface area contributed by atoms with Crippen molar-refractivity contribution in [3.63, 3.8) is 0 Å². The van der Waals surface area contributed by atoms with Gasteiger partial charge in [-0.3, -0.25) is 4.79 Å². The predicted molar refractivity (Wildman–Crippen MR) is 67.8 cm³/mol. The molecule has 0 aromatic heterocycles. The van der Waals surface area contributed by atoms with Gasteiger partial charge in [-0.15, -0.1) is 0 Å². The third-order valence-electron chi connectivity index (χ3n) is 3.98. The number of hydrogen-bond donors (Lipinski definition) is 0. The Morgan fingerprint density at radius 1 is 1.30 bits per heavy atom. The summed E-state index contributed by atoms with van der Waals surface area (Å²) < 4.78 is 10.6. The molecule has 2 aliphatic rings. The van der Waals surface area contributed by atoms with E-state index in [9.17, 15) is 14.4 Å². The molecule has 104 valence electrons. The molecule has 0 N–H and O–H groups in total. The smallest absolute Gasteiger partial charge is 0.338 e. The summed E-state index contributed by atoms with van der Waals surface area (Å²) in [6.45, 7) is 0. The molecule has 1 saturated carbocycles. The minimum atomic E-state index is -0.511. The summed E-state index contributed by atoms with van der Waals surface area (Å²) in [5.74, 6) is -1.35. The third-order valence-corrected chi connectivity index (χ3v) is 3.98. The van der Waals surface area contributed by atoms with E-state index >= 15 is 0 Å². The maximum absolute atomic E-state index is 12.0. The Morgan fingerprint density at radius 3 is 2.75 bits per heavy atom. The van der Waals surface area contributed by atoms with Gasteiger partial charge in [0.1, 0.15) is 18.5 Å². The molecule has 1 aliphatic heterocycles. The second kappa shape index (κ2) is 5.07. The Kier molecular flexibility index (Phi) is 3.26. The highest BCUT2D eigenvalue weighted by Crippen LogP contribution is 2.41. The van der Waals surface area contributed by atoms with E-state index in [4.69, 9.17) is 9.47 Å². The van der Waals surface area contributed by atoms with Crippen molar-refractivity contribution in [3.8, 4) is 0 Å². The minimum Gasteiger partial charge on any atom is -0.462 e. The lowest BCUT2D eigenvalue weighted by Crippen LogP contribution is -2.27. The number of benzene rings is 1. The molecule has 0 amide bonds. The highest BCUT2D eigenvalue weighted by atomic mass is 16.6. The number of ether oxygens (including phenoxy) is 2. The van der Waals surface area contributed by atoms with Crippen LogP contribution in [0.5, 0.6) is 0 Å². The largest absolute Gasteiger partial charge is 0.462 e. The van der Waals surface area contributed by atoms with Crippen LogP contribution in [0.25, 0.3) is 0 Å². The monoisotopic (exact) mass is 274 g/mol. The Labute approximate surface area is 115 Å². The van der Waals surface area contributed by atoms with Gasteiger partial charge in [-0.2, -0.15) is 0 Å². The van der Waals surface area contributed by atoms with Gasteiger partial charge in [0.2, 0.25) is 0 Å². The molecular weight excluding hydrogens is 260 g/mol. The van der Waals surface area contributed by atoms with Crippen molar-refractivity contribution in [1.82, 2.24) is 0 Å². The van der Waals surface area contributed by atoms with Crippen LogP contribution in [-0.4, -0.2) is 30.4 Å². The first-order valence-electron chi connectivity index (χ1n) is 6.60. The summed E-state index contributed by atoms with van der Waals surface area (Å²) in [6.07, 6.45) is 0.594. The van der Waals surface area contributed by atoms with Crippen LogP contribution in [0.2, 0.25) is 0 Å². The second-order valence-corrected chi connectivity index (χ2v) is 5.16. The maximum atomic E-state index is 12.0. The summed E-state index contributed by atoms with van der Waals surface area (Å²) in [5, 5.41) is 0. The van der Waals surface area contributed by atoms with Gasteiger partial charge >= 0.3 is 11.9 Å². The molecule has 1 heterocycles. The van der Waals surface area contributed by atoms with E-state index in [-0.39, 0.29) is 24.4 Å². The molecule has 0 unspecified atom stereocenters.